The highest BCUT2D eigenvalue weighted by Crippen LogP contribution is 2.50. The molecule has 0 unspecified atom stereocenters. The first-order valence-corrected chi connectivity index (χ1v) is 16.6. The minimum Gasteiger partial charge on any atom is -0.278 e. The van der Waals surface area contributed by atoms with E-state index in [0.717, 1.165) is 50.2 Å². The molecule has 232 valence electrons. The van der Waals surface area contributed by atoms with Gasteiger partial charge in [-0.3, -0.25) is 8.97 Å². The van der Waals surface area contributed by atoms with Crippen molar-refractivity contribution in [1.82, 2.24) is 28.9 Å². The van der Waals surface area contributed by atoms with Crippen molar-refractivity contribution in [2.45, 2.75) is 19.3 Å². The zero-order chi connectivity index (χ0) is 32.7. The second-order valence-corrected chi connectivity index (χ2v) is 13.2. The van der Waals surface area contributed by atoms with Crippen LogP contribution in [0, 0.1) is 0 Å². The van der Waals surface area contributed by atoms with E-state index in [1.807, 2.05) is 66.7 Å². The van der Waals surface area contributed by atoms with E-state index in [-0.39, 0.29) is 5.41 Å². The first-order chi connectivity index (χ1) is 24.0. The van der Waals surface area contributed by atoms with Crippen LogP contribution in [0.2, 0.25) is 0 Å². The van der Waals surface area contributed by atoms with Crippen LogP contribution in [0.15, 0.2) is 146 Å². The summed E-state index contributed by atoms with van der Waals surface area (Å²) < 4.78 is 4.59. The van der Waals surface area contributed by atoms with Gasteiger partial charge in [0.25, 0.3) is 0 Å². The molecule has 0 spiro atoms. The quantitative estimate of drug-likeness (QED) is 0.194. The Bertz CT molecular complexity index is 2680. The number of para-hydroxylation sites is 2. The van der Waals surface area contributed by atoms with E-state index in [2.05, 4.69) is 102 Å². The summed E-state index contributed by atoms with van der Waals surface area (Å²) in [7, 11) is 0. The standard InChI is InChI=1S/C43H30N6/c1-43(2)33-21-10-9-20-31(33)32-25-37-38(26-34(32)43)48(42-44-35-22-11-12-23-36(35)49(37)42)30-19-13-18-29(24-30)41-46-39(27-14-5-3-6-15-27)45-40(47-41)28-16-7-4-8-17-28/h3-26H,1-2H3. The van der Waals surface area contributed by atoms with Crippen molar-refractivity contribution >= 4 is 27.8 Å². The lowest BCUT2D eigenvalue weighted by Crippen LogP contribution is -2.15. The van der Waals surface area contributed by atoms with E-state index in [1.165, 1.54) is 22.3 Å². The molecule has 10 rings (SSSR count). The van der Waals surface area contributed by atoms with E-state index >= 15 is 0 Å². The molecule has 6 aromatic carbocycles. The summed E-state index contributed by atoms with van der Waals surface area (Å²) in [6, 6.07) is 50.6. The monoisotopic (exact) mass is 630 g/mol. The Kier molecular flexibility index (Phi) is 5.82. The highest BCUT2D eigenvalue weighted by molar-refractivity contribution is 5.97. The van der Waals surface area contributed by atoms with Gasteiger partial charge in [0.1, 0.15) is 0 Å². The second kappa shape index (κ2) is 10.3. The molecule has 0 saturated heterocycles. The van der Waals surface area contributed by atoms with E-state index in [4.69, 9.17) is 19.9 Å². The largest absolute Gasteiger partial charge is 0.278 e. The molecule has 0 aliphatic heterocycles. The summed E-state index contributed by atoms with van der Waals surface area (Å²) in [6.45, 7) is 4.65. The minimum absolute atomic E-state index is 0.131. The third-order valence-corrected chi connectivity index (χ3v) is 9.97. The number of rotatable bonds is 4. The van der Waals surface area contributed by atoms with Gasteiger partial charge in [0.15, 0.2) is 17.5 Å². The maximum absolute atomic E-state index is 5.21. The Morgan fingerprint density at radius 1 is 0.449 bits per heavy atom. The molecule has 6 heteroatoms. The predicted molar refractivity (Wildman–Crippen MR) is 197 cm³/mol. The Balaban J connectivity index is 1.22. The fourth-order valence-corrected chi connectivity index (χ4v) is 7.57. The first kappa shape index (κ1) is 27.7. The van der Waals surface area contributed by atoms with Crippen LogP contribution in [-0.4, -0.2) is 28.9 Å². The smallest absolute Gasteiger partial charge is 0.220 e. The summed E-state index contributed by atoms with van der Waals surface area (Å²) in [6.07, 6.45) is 0. The lowest BCUT2D eigenvalue weighted by Gasteiger charge is -2.21. The summed E-state index contributed by atoms with van der Waals surface area (Å²) >= 11 is 0. The van der Waals surface area contributed by atoms with Crippen LogP contribution in [0.3, 0.4) is 0 Å². The van der Waals surface area contributed by atoms with Crippen LogP contribution < -0.4 is 0 Å². The number of hydrogen-bond donors (Lipinski definition) is 0. The summed E-state index contributed by atoms with van der Waals surface area (Å²) in [5.41, 5.74) is 13.2. The van der Waals surface area contributed by atoms with Crippen molar-refractivity contribution in [2.75, 3.05) is 0 Å². The van der Waals surface area contributed by atoms with Gasteiger partial charge < -0.3 is 0 Å². The van der Waals surface area contributed by atoms with Crippen LogP contribution in [0.25, 0.3) is 78.8 Å². The van der Waals surface area contributed by atoms with Crippen molar-refractivity contribution < 1.29 is 0 Å². The van der Waals surface area contributed by atoms with Crippen molar-refractivity contribution in [2.24, 2.45) is 0 Å². The average molecular weight is 631 g/mol. The summed E-state index contributed by atoms with van der Waals surface area (Å²) in [5, 5.41) is 0. The van der Waals surface area contributed by atoms with Crippen LogP contribution in [0.1, 0.15) is 25.0 Å². The molecule has 0 amide bonds. The highest BCUT2D eigenvalue weighted by Gasteiger charge is 2.36. The van der Waals surface area contributed by atoms with Gasteiger partial charge in [0.2, 0.25) is 5.78 Å². The maximum atomic E-state index is 5.21. The Morgan fingerprint density at radius 2 is 1.06 bits per heavy atom. The normalized spacial score (nSPS) is 13.3. The molecule has 3 heterocycles. The van der Waals surface area contributed by atoms with Crippen molar-refractivity contribution in [3.63, 3.8) is 0 Å². The lowest BCUT2D eigenvalue weighted by atomic mass is 9.82. The number of imidazole rings is 2. The topological polar surface area (TPSA) is 60.9 Å². The molecule has 0 fully saturated rings. The first-order valence-electron chi connectivity index (χ1n) is 16.6. The zero-order valence-electron chi connectivity index (χ0n) is 27.0. The third-order valence-electron chi connectivity index (χ3n) is 9.97. The fraction of sp³-hybridized carbons (Fsp3) is 0.0698. The van der Waals surface area contributed by atoms with Crippen LogP contribution >= 0.6 is 0 Å². The average Bonchev–Trinajstić information content (AvgIpc) is 3.76. The second-order valence-electron chi connectivity index (χ2n) is 13.2. The molecule has 0 N–H and O–H groups in total. The number of fused-ring (bicyclic) bond motifs is 8. The molecule has 0 saturated carbocycles. The molecular formula is C43H30N6. The van der Waals surface area contributed by atoms with Crippen LogP contribution in [-0.2, 0) is 5.41 Å². The molecule has 49 heavy (non-hydrogen) atoms. The number of hydrogen-bond acceptors (Lipinski definition) is 4. The van der Waals surface area contributed by atoms with Gasteiger partial charge in [-0.25, -0.2) is 19.9 Å². The third kappa shape index (κ3) is 4.14. The van der Waals surface area contributed by atoms with E-state index in [1.54, 1.807) is 0 Å². The molecule has 0 radical (unpaired) electrons. The van der Waals surface area contributed by atoms with Gasteiger partial charge in [0.05, 0.1) is 22.1 Å². The number of benzene rings is 6. The van der Waals surface area contributed by atoms with E-state index in [9.17, 15) is 0 Å². The van der Waals surface area contributed by atoms with Gasteiger partial charge in [0, 0.05) is 27.8 Å². The van der Waals surface area contributed by atoms with Gasteiger partial charge in [-0.2, -0.15) is 0 Å². The van der Waals surface area contributed by atoms with Crippen LogP contribution in [0.4, 0.5) is 0 Å². The molecule has 6 nitrogen and oxygen atoms in total. The molecule has 1 aliphatic rings. The molecule has 9 aromatic rings. The van der Waals surface area contributed by atoms with Crippen molar-refractivity contribution in [1.29, 1.82) is 0 Å². The minimum atomic E-state index is -0.131. The lowest BCUT2D eigenvalue weighted by molar-refractivity contribution is 0.661. The Labute approximate surface area is 283 Å². The van der Waals surface area contributed by atoms with E-state index in [0.29, 0.717) is 17.5 Å². The fourth-order valence-electron chi connectivity index (χ4n) is 7.57. The zero-order valence-corrected chi connectivity index (χ0v) is 27.0. The number of nitrogens with zero attached hydrogens (tertiary/aromatic N) is 6. The molecule has 0 bridgehead atoms. The Hall–Kier alpha value is -6.40. The van der Waals surface area contributed by atoms with Gasteiger partial charge in [-0.15, -0.1) is 0 Å². The number of aromatic nitrogens is 6. The van der Waals surface area contributed by atoms with Crippen LogP contribution in [0.5, 0.6) is 0 Å². The molecule has 3 aromatic heterocycles. The molecule has 0 atom stereocenters. The van der Waals surface area contributed by atoms with Crippen molar-refractivity contribution in [3.05, 3.63) is 157 Å². The molecular weight excluding hydrogens is 601 g/mol. The predicted octanol–water partition coefficient (Wildman–Crippen LogP) is 9.92. The highest BCUT2D eigenvalue weighted by atomic mass is 15.2. The van der Waals surface area contributed by atoms with Gasteiger partial charge in [-0.05, 0) is 58.7 Å². The Morgan fingerprint density at radius 3 is 1.80 bits per heavy atom. The summed E-state index contributed by atoms with van der Waals surface area (Å²) in [5.74, 6) is 2.77. The SMILES string of the molecule is CC1(C)c2ccccc2-c2cc3c(cc21)n(-c1cccc(-c2nc(-c4ccccc4)nc(-c4ccccc4)n2)c1)c1nc2ccccc2n31. The van der Waals surface area contributed by atoms with E-state index < -0.39 is 0 Å². The van der Waals surface area contributed by atoms with Crippen molar-refractivity contribution in [3.8, 4) is 51.0 Å². The summed E-state index contributed by atoms with van der Waals surface area (Å²) in [4.78, 5) is 20.1. The maximum Gasteiger partial charge on any atom is 0.220 e. The molecule has 1 aliphatic carbocycles. The van der Waals surface area contributed by atoms with Gasteiger partial charge in [-0.1, -0.05) is 123 Å². The van der Waals surface area contributed by atoms with Gasteiger partial charge >= 0.3 is 0 Å².